The molecule has 0 radical (unpaired) electrons. The highest BCUT2D eigenvalue weighted by Gasteiger charge is 2.16. The van der Waals surface area contributed by atoms with Crippen LogP contribution >= 0.6 is 15.9 Å². The predicted molar refractivity (Wildman–Crippen MR) is 82.3 cm³/mol. The maximum atomic E-state index is 13.1. The van der Waals surface area contributed by atoms with Crippen molar-refractivity contribution in [1.82, 2.24) is 5.32 Å². The van der Waals surface area contributed by atoms with Gasteiger partial charge in [-0.05, 0) is 42.8 Å². The van der Waals surface area contributed by atoms with Crippen molar-refractivity contribution in [3.8, 4) is 0 Å². The van der Waals surface area contributed by atoms with Crippen molar-refractivity contribution < 1.29 is 8.81 Å². The number of rotatable bonds is 6. The molecule has 2 rings (SSSR count). The minimum absolute atomic E-state index is 0.0991. The summed E-state index contributed by atoms with van der Waals surface area (Å²) < 4.78 is 19.8. The van der Waals surface area contributed by atoms with Gasteiger partial charge in [-0.3, -0.25) is 0 Å². The van der Waals surface area contributed by atoms with E-state index in [1.165, 1.54) is 12.1 Å². The van der Waals surface area contributed by atoms with Crippen LogP contribution in [0.2, 0.25) is 0 Å². The molecule has 1 heterocycles. The van der Waals surface area contributed by atoms with E-state index in [0.29, 0.717) is 0 Å². The summed E-state index contributed by atoms with van der Waals surface area (Å²) in [5.41, 5.74) is 1.06. The molecule has 1 aromatic carbocycles. The number of hydrogen-bond acceptors (Lipinski definition) is 2. The molecule has 2 nitrogen and oxygen atoms in total. The number of furan rings is 1. The molecule has 1 atom stereocenters. The van der Waals surface area contributed by atoms with Crippen molar-refractivity contribution in [3.63, 3.8) is 0 Å². The molecular formula is C16H19BrFNO. The van der Waals surface area contributed by atoms with Crippen molar-refractivity contribution in [3.05, 3.63) is 57.7 Å². The van der Waals surface area contributed by atoms with E-state index in [9.17, 15) is 4.39 Å². The van der Waals surface area contributed by atoms with Gasteiger partial charge in [-0.2, -0.15) is 0 Å². The fourth-order valence-electron chi connectivity index (χ4n) is 2.20. The molecule has 108 valence electrons. The average Bonchev–Trinajstić information content (AvgIpc) is 2.90. The highest BCUT2D eigenvalue weighted by Crippen LogP contribution is 2.26. The first-order valence-corrected chi connectivity index (χ1v) is 7.69. The first kappa shape index (κ1) is 15.3. The topological polar surface area (TPSA) is 25.2 Å². The lowest BCUT2D eigenvalue weighted by molar-refractivity contribution is 0.396. The smallest absolute Gasteiger partial charge is 0.124 e. The van der Waals surface area contributed by atoms with Crippen molar-refractivity contribution >= 4 is 15.9 Å². The Balaban J connectivity index is 2.20. The Morgan fingerprint density at radius 3 is 2.65 bits per heavy atom. The van der Waals surface area contributed by atoms with Gasteiger partial charge in [0.15, 0.2) is 0 Å². The molecule has 0 saturated heterocycles. The van der Waals surface area contributed by atoms with Gasteiger partial charge in [-0.25, -0.2) is 4.39 Å². The van der Waals surface area contributed by atoms with Crippen LogP contribution < -0.4 is 5.32 Å². The van der Waals surface area contributed by atoms with Crippen molar-refractivity contribution in [2.45, 2.75) is 32.7 Å². The van der Waals surface area contributed by atoms with E-state index in [2.05, 4.69) is 35.1 Å². The largest absolute Gasteiger partial charge is 0.464 e. The van der Waals surface area contributed by atoms with E-state index in [0.717, 1.165) is 40.9 Å². The standard InChI is InChI=1S/C16H19BrFNO/c1-3-13-7-8-16(20-13)15(19-4-2)9-11-5-6-12(18)10-14(11)17/h5-8,10,15,19H,3-4,9H2,1-2H3. The second kappa shape index (κ2) is 7.04. The van der Waals surface area contributed by atoms with E-state index in [4.69, 9.17) is 4.42 Å². The normalized spacial score (nSPS) is 12.6. The third-order valence-corrected chi connectivity index (χ3v) is 4.00. The Hall–Kier alpha value is -1.13. The zero-order chi connectivity index (χ0) is 14.5. The Labute approximate surface area is 127 Å². The summed E-state index contributed by atoms with van der Waals surface area (Å²) in [6.45, 7) is 4.99. The number of benzene rings is 1. The van der Waals surface area contributed by atoms with Crippen molar-refractivity contribution in [1.29, 1.82) is 0 Å². The third-order valence-electron chi connectivity index (χ3n) is 3.26. The Bertz CT molecular complexity index is 567. The lowest BCUT2D eigenvalue weighted by atomic mass is 10.0. The molecule has 2 aromatic rings. The summed E-state index contributed by atoms with van der Waals surface area (Å²) >= 11 is 3.42. The summed E-state index contributed by atoms with van der Waals surface area (Å²) in [4.78, 5) is 0. The van der Waals surface area contributed by atoms with Gasteiger partial charge in [0, 0.05) is 10.9 Å². The highest BCUT2D eigenvalue weighted by atomic mass is 79.9. The van der Waals surface area contributed by atoms with Crippen LogP contribution in [0.15, 0.2) is 39.2 Å². The van der Waals surface area contributed by atoms with Crippen LogP contribution in [-0.2, 0) is 12.8 Å². The minimum atomic E-state index is -0.230. The Morgan fingerprint density at radius 2 is 2.05 bits per heavy atom. The number of aryl methyl sites for hydroxylation is 1. The average molecular weight is 340 g/mol. The van der Waals surface area contributed by atoms with Crippen molar-refractivity contribution in [2.75, 3.05) is 6.54 Å². The Morgan fingerprint density at radius 1 is 1.25 bits per heavy atom. The SMILES string of the molecule is CCNC(Cc1ccc(F)cc1Br)c1ccc(CC)o1. The maximum Gasteiger partial charge on any atom is 0.124 e. The van der Waals surface area contributed by atoms with Crippen LogP contribution in [0.3, 0.4) is 0 Å². The van der Waals surface area contributed by atoms with Gasteiger partial charge in [0.2, 0.25) is 0 Å². The number of hydrogen-bond donors (Lipinski definition) is 1. The van der Waals surface area contributed by atoms with Gasteiger partial charge in [0.05, 0.1) is 6.04 Å². The number of nitrogens with one attached hydrogen (secondary N) is 1. The number of likely N-dealkylation sites (N-methyl/N-ethyl adjacent to an activating group) is 1. The molecule has 20 heavy (non-hydrogen) atoms. The summed E-state index contributed by atoms with van der Waals surface area (Å²) in [6.07, 6.45) is 1.64. The van der Waals surface area contributed by atoms with E-state index >= 15 is 0 Å². The van der Waals surface area contributed by atoms with Crippen molar-refractivity contribution in [2.24, 2.45) is 0 Å². The van der Waals surface area contributed by atoms with Gasteiger partial charge in [0.25, 0.3) is 0 Å². The molecule has 1 N–H and O–H groups in total. The zero-order valence-corrected chi connectivity index (χ0v) is 13.3. The monoisotopic (exact) mass is 339 g/mol. The second-order valence-corrected chi connectivity index (χ2v) is 5.56. The molecule has 0 aliphatic carbocycles. The Kier molecular flexibility index (Phi) is 5.38. The molecule has 0 aliphatic rings. The zero-order valence-electron chi connectivity index (χ0n) is 11.7. The molecule has 0 fully saturated rings. The van der Waals surface area contributed by atoms with Crippen LogP contribution in [0, 0.1) is 5.82 Å². The maximum absolute atomic E-state index is 13.1. The van der Waals surface area contributed by atoms with Gasteiger partial charge < -0.3 is 9.73 Å². The molecule has 0 saturated carbocycles. The molecule has 1 unspecified atom stereocenters. The highest BCUT2D eigenvalue weighted by molar-refractivity contribution is 9.10. The van der Waals surface area contributed by atoms with E-state index in [-0.39, 0.29) is 11.9 Å². The summed E-state index contributed by atoms with van der Waals surface area (Å²) in [5.74, 6) is 1.69. The molecule has 0 spiro atoms. The third kappa shape index (κ3) is 3.70. The van der Waals surface area contributed by atoms with E-state index in [1.54, 1.807) is 0 Å². The molecule has 0 amide bonds. The van der Waals surface area contributed by atoms with Crippen LogP contribution in [0.5, 0.6) is 0 Å². The van der Waals surface area contributed by atoms with Crippen LogP contribution in [0.1, 0.15) is 37.0 Å². The van der Waals surface area contributed by atoms with Crippen LogP contribution in [0.25, 0.3) is 0 Å². The van der Waals surface area contributed by atoms with Gasteiger partial charge in [0.1, 0.15) is 17.3 Å². The molecule has 0 bridgehead atoms. The first-order valence-electron chi connectivity index (χ1n) is 6.90. The lowest BCUT2D eigenvalue weighted by Gasteiger charge is -2.16. The first-order chi connectivity index (χ1) is 9.63. The summed E-state index contributed by atoms with van der Waals surface area (Å²) in [5, 5.41) is 3.42. The van der Waals surface area contributed by atoms with Gasteiger partial charge in [-0.1, -0.05) is 35.8 Å². The molecular weight excluding hydrogens is 321 g/mol. The molecule has 0 aliphatic heterocycles. The minimum Gasteiger partial charge on any atom is -0.464 e. The fraction of sp³-hybridized carbons (Fsp3) is 0.375. The fourth-order valence-corrected chi connectivity index (χ4v) is 2.71. The lowest BCUT2D eigenvalue weighted by Crippen LogP contribution is -2.22. The molecule has 4 heteroatoms. The van der Waals surface area contributed by atoms with Crippen LogP contribution in [-0.4, -0.2) is 6.54 Å². The van der Waals surface area contributed by atoms with Gasteiger partial charge in [-0.15, -0.1) is 0 Å². The van der Waals surface area contributed by atoms with Crippen LogP contribution in [0.4, 0.5) is 4.39 Å². The summed E-state index contributed by atoms with van der Waals surface area (Å²) in [6, 6.07) is 8.93. The van der Waals surface area contributed by atoms with E-state index in [1.807, 2.05) is 18.2 Å². The quantitative estimate of drug-likeness (QED) is 0.829. The predicted octanol–water partition coefficient (Wildman–Crippen LogP) is 4.64. The van der Waals surface area contributed by atoms with E-state index < -0.39 is 0 Å². The number of halogens is 2. The summed E-state index contributed by atoms with van der Waals surface area (Å²) in [7, 11) is 0. The van der Waals surface area contributed by atoms with Gasteiger partial charge >= 0.3 is 0 Å². The second-order valence-electron chi connectivity index (χ2n) is 4.71. The molecule has 1 aromatic heterocycles.